The van der Waals surface area contributed by atoms with Gasteiger partial charge in [0.1, 0.15) is 5.75 Å². The molecule has 3 nitrogen and oxygen atoms in total. The van der Waals surface area contributed by atoms with E-state index in [1.165, 1.54) is 16.9 Å². The highest BCUT2D eigenvalue weighted by Gasteiger charge is 2.31. The molecule has 0 amide bonds. The maximum Gasteiger partial charge on any atom is 0.123 e. The minimum Gasteiger partial charge on any atom is -0.496 e. The zero-order valence-electron chi connectivity index (χ0n) is 14.0. The molecule has 2 heterocycles. The first-order chi connectivity index (χ1) is 11.2. The molecule has 0 aliphatic carbocycles. The fraction of sp³-hybridized carbons (Fsp3) is 0.474. The zero-order valence-corrected chi connectivity index (χ0v) is 14.9. The summed E-state index contributed by atoms with van der Waals surface area (Å²) in [5.74, 6) is 0.985. The van der Waals surface area contributed by atoms with E-state index >= 15 is 0 Å². The molecule has 2 aromatic rings. The number of thiophene rings is 1. The molecule has 23 heavy (non-hydrogen) atoms. The van der Waals surface area contributed by atoms with E-state index in [1.54, 1.807) is 7.11 Å². The van der Waals surface area contributed by atoms with Crippen molar-refractivity contribution < 1.29 is 4.74 Å². The first-order valence-corrected chi connectivity index (χ1v) is 9.14. The van der Waals surface area contributed by atoms with Crippen LogP contribution in [0.5, 0.6) is 5.75 Å². The van der Waals surface area contributed by atoms with E-state index in [4.69, 9.17) is 4.74 Å². The maximum absolute atomic E-state index is 5.54. The molecule has 3 rings (SSSR count). The molecule has 0 saturated carbocycles. The third kappa shape index (κ3) is 4.34. The van der Waals surface area contributed by atoms with E-state index in [-0.39, 0.29) is 0 Å². The molecule has 0 radical (unpaired) electrons. The molecule has 1 unspecified atom stereocenters. The van der Waals surface area contributed by atoms with E-state index in [0.717, 1.165) is 38.5 Å². The molecule has 0 spiro atoms. The van der Waals surface area contributed by atoms with Crippen molar-refractivity contribution in [1.82, 2.24) is 10.2 Å². The van der Waals surface area contributed by atoms with Gasteiger partial charge >= 0.3 is 0 Å². The van der Waals surface area contributed by atoms with Crippen molar-refractivity contribution in [2.24, 2.45) is 5.41 Å². The number of benzene rings is 1. The lowest BCUT2D eigenvalue weighted by Gasteiger charge is -2.32. The van der Waals surface area contributed by atoms with E-state index < -0.39 is 0 Å². The lowest BCUT2D eigenvalue weighted by Crippen LogP contribution is -2.36. The largest absolute Gasteiger partial charge is 0.496 e. The lowest BCUT2D eigenvalue weighted by atomic mass is 9.89. The molecular weight excluding hydrogens is 304 g/mol. The second-order valence-electron chi connectivity index (χ2n) is 6.77. The normalized spacial score (nSPS) is 21.0. The summed E-state index contributed by atoms with van der Waals surface area (Å²) in [7, 11) is 1.75. The Morgan fingerprint density at radius 3 is 2.78 bits per heavy atom. The van der Waals surface area contributed by atoms with Gasteiger partial charge in [-0.2, -0.15) is 0 Å². The predicted molar refractivity (Wildman–Crippen MR) is 97.0 cm³/mol. The summed E-state index contributed by atoms with van der Waals surface area (Å²) in [5.41, 5.74) is 1.63. The Balaban J connectivity index is 1.76. The van der Waals surface area contributed by atoms with E-state index in [2.05, 4.69) is 52.9 Å². The summed E-state index contributed by atoms with van der Waals surface area (Å²) in [5, 5.41) is 5.68. The summed E-state index contributed by atoms with van der Waals surface area (Å²) in [6, 6.07) is 12.7. The van der Waals surface area contributed by atoms with Crippen molar-refractivity contribution in [2.75, 3.05) is 26.7 Å². The van der Waals surface area contributed by atoms with Gasteiger partial charge in [-0.3, -0.25) is 4.90 Å². The van der Waals surface area contributed by atoms with Gasteiger partial charge < -0.3 is 10.1 Å². The summed E-state index contributed by atoms with van der Waals surface area (Å²) in [6.07, 6.45) is 1.25. The second kappa shape index (κ2) is 7.47. The van der Waals surface area contributed by atoms with Crippen LogP contribution in [0.3, 0.4) is 0 Å². The van der Waals surface area contributed by atoms with E-state index in [9.17, 15) is 0 Å². The van der Waals surface area contributed by atoms with Crippen molar-refractivity contribution in [2.45, 2.75) is 26.4 Å². The first kappa shape index (κ1) is 16.5. The summed E-state index contributed by atoms with van der Waals surface area (Å²) >= 11 is 1.84. The molecule has 4 heteroatoms. The van der Waals surface area contributed by atoms with Crippen LogP contribution in [0.2, 0.25) is 0 Å². The summed E-state index contributed by atoms with van der Waals surface area (Å²) < 4.78 is 5.54. The van der Waals surface area contributed by atoms with Gasteiger partial charge in [0.2, 0.25) is 0 Å². The van der Waals surface area contributed by atoms with Crippen LogP contribution in [0.25, 0.3) is 0 Å². The van der Waals surface area contributed by atoms with Gasteiger partial charge in [0.05, 0.1) is 7.11 Å². The summed E-state index contributed by atoms with van der Waals surface area (Å²) in [4.78, 5) is 3.99. The van der Waals surface area contributed by atoms with Crippen LogP contribution in [0, 0.1) is 5.41 Å². The molecule has 1 aromatic heterocycles. The molecule has 1 saturated heterocycles. The van der Waals surface area contributed by atoms with Crippen LogP contribution in [-0.4, -0.2) is 31.6 Å². The van der Waals surface area contributed by atoms with Crippen molar-refractivity contribution in [3.8, 4) is 5.75 Å². The van der Waals surface area contributed by atoms with Gasteiger partial charge in [-0.05, 0) is 35.9 Å². The van der Waals surface area contributed by atoms with Crippen molar-refractivity contribution in [1.29, 1.82) is 0 Å². The summed E-state index contributed by atoms with van der Waals surface area (Å²) in [6.45, 7) is 7.69. The van der Waals surface area contributed by atoms with Gasteiger partial charge in [0.15, 0.2) is 0 Å². The van der Waals surface area contributed by atoms with Crippen molar-refractivity contribution >= 4 is 11.3 Å². The Morgan fingerprint density at radius 1 is 1.22 bits per heavy atom. The fourth-order valence-electron chi connectivity index (χ4n) is 3.41. The number of nitrogens with zero attached hydrogens (tertiary/aromatic N) is 1. The predicted octanol–water partition coefficient (Wildman–Crippen LogP) is 3.76. The molecular formula is C19H26N2OS. The number of nitrogens with one attached hydrogen (secondary N) is 1. The third-order valence-electron chi connectivity index (χ3n) is 4.61. The Kier molecular flexibility index (Phi) is 5.36. The van der Waals surface area contributed by atoms with Crippen LogP contribution >= 0.6 is 11.3 Å². The first-order valence-electron chi connectivity index (χ1n) is 8.26. The van der Waals surface area contributed by atoms with Crippen LogP contribution in [0.1, 0.15) is 23.8 Å². The molecule has 124 valence electrons. The molecule has 1 fully saturated rings. The van der Waals surface area contributed by atoms with E-state index in [0.29, 0.717) is 5.41 Å². The molecule has 1 aliphatic rings. The Hall–Kier alpha value is -1.36. The second-order valence-corrected chi connectivity index (χ2v) is 7.81. The van der Waals surface area contributed by atoms with Gasteiger partial charge in [0.25, 0.3) is 0 Å². The average molecular weight is 330 g/mol. The minimum absolute atomic E-state index is 0.360. The van der Waals surface area contributed by atoms with Crippen LogP contribution in [0.15, 0.2) is 41.8 Å². The topological polar surface area (TPSA) is 24.5 Å². The lowest BCUT2D eigenvalue weighted by molar-refractivity contribution is 0.163. The highest BCUT2D eigenvalue weighted by atomic mass is 32.1. The van der Waals surface area contributed by atoms with Crippen LogP contribution < -0.4 is 10.1 Å². The highest BCUT2D eigenvalue weighted by molar-refractivity contribution is 7.09. The number of methoxy groups -OCH3 is 1. The molecule has 1 aliphatic heterocycles. The molecule has 1 N–H and O–H groups in total. The van der Waals surface area contributed by atoms with Gasteiger partial charge in [-0.25, -0.2) is 0 Å². The molecule has 1 atom stereocenters. The zero-order chi connectivity index (χ0) is 16.1. The van der Waals surface area contributed by atoms with E-state index in [1.807, 2.05) is 17.4 Å². The van der Waals surface area contributed by atoms with Crippen LogP contribution in [-0.2, 0) is 13.1 Å². The molecule has 1 aromatic carbocycles. The van der Waals surface area contributed by atoms with Crippen molar-refractivity contribution in [3.05, 3.63) is 52.2 Å². The minimum atomic E-state index is 0.360. The van der Waals surface area contributed by atoms with Crippen molar-refractivity contribution in [3.63, 3.8) is 0 Å². The smallest absolute Gasteiger partial charge is 0.123 e. The molecule has 0 bridgehead atoms. The Bertz CT molecular complexity index is 606. The number of para-hydroxylation sites is 1. The number of hydrogen-bond donors (Lipinski definition) is 1. The maximum atomic E-state index is 5.54. The highest BCUT2D eigenvalue weighted by Crippen LogP contribution is 2.29. The number of rotatable bonds is 7. The monoisotopic (exact) mass is 330 g/mol. The van der Waals surface area contributed by atoms with Gasteiger partial charge in [0, 0.05) is 36.6 Å². The number of hydrogen-bond acceptors (Lipinski definition) is 4. The Morgan fingerprint density at radius 2 is 2.09 bits per heavy atom. The standard InChI is InChI=1S/C19H26N2OS/c1-19(9-10-20-14-19)15-21(13-17-7-5-11-23-17)12-16-6-3-4-8-18(16)22-2/h3-8,11,20H,9-10,12-15H2,1-2H3. The quantitative estimate of drug-likeness (QED) is 0.836. The SMILES string of the molecule is COc1ccccc1CN(Cc1cccs1)CC1(C)CCNC1. The van der Waals surface area contributed by atoms with Crippen LogP contribution in [0.4, 0.5) is 0 Å². The third-order valence-corrected chi connectivity index (χ3v) is 5.47. The number of ether oxygens (including phenoxy) is 1. The Labute approximate surface area is 143 Å². The van der Waals surface area contributed by atoms with Gasteiger partial charge in [-0.1, -0.05) is 31.2 Å². The average Bonchev–Trinajstić information content (AvgIpc) is 3.20. The fourth-order valence-corrected chi connectivity index (χ4v) is 4.15. The van der Waals surface area contributed by atoms with Gasteiger partial charge in [-0.15, -0.1) is 11.3 Å².